The third kappa shape index (κ3) is 1.85. The predicted molar refractivity (Wildman–Crippen MR) is 70.2 cm³/mol. The van der Waals surface area contributed by atoms with Crippen LogP contribution in [0.15, 0.2) is 22.7 Å². The van der Waals surface area contributed by atoms with Gasteiger partial charge in [0, 0.05) is 23.2 Å². The second kappa shape index (κ2) is 3.94. The first kappa shape index (κ1) is 11.2. The third-order valence-corrected chi connectivity index (χ3v) is 3.64. The molecule has 2 aromatic rings. The summed E-state index contributed by atoms with van der Waals surface area (Å²) in [6, 6.07) is 6.09. The van der Waals surface area contributed by atoms with Crippen LogP contribution in [0.4, 0.5) is 5.82 Å². The lowest BCUT2D eigenvalue weighted by molar-refractivity contribution is 0.782. The molecule has 0 unspecified atom stereocenters. The largest absolute Gasteiger partial charge is 0.384 e. The highest BCUT2D eigenvalue weighted by Crippen LogP contribution is 2.28. The highest BCUT2D eigenvalue weighted by Gasteiger charge is 2.08. The zero-order valence-corrected chi connectivity index (χ0v) is 11.2. The predicted octanol–water partition coefficient (Wildman–Crippen LogP) is 3.05. The van der Waals surface area contributed by atoms with E-state index in [9.17, 15) is 0 Å². The van der Waals surface area contributed by atoms with Crippen molar-refractivity contribution in [2.24, 2.45) is 7.05 Å². The number of nitrogens with two attached hydrogens (primary N) is 1. The molecule has 0 saturated heterocycles. The van der Waals surface area contributed by atoms with E-state index in [0.717, 1.165) is 15.7 Å². The van der Waals surface area contributed by atoms with Crippen molar-refractivity contribution in [3.63, 3.8) is 0 Å². The van der Waals surface area contributed by atoms with Gasteiger partial charge >= 0.3 is 0 Å². The Labute approximate surface area is 103 Å². The minimum atomic E-state index is 0.671. The standard InChI is InChI=1S/C12H14BrN3/c1-7-4-9(5-10(13)8(7)2)11-6-12(14)16(3)15-11/h4-6H,14H2,1-3H3. The Morgan fingerprint density at radius 1 is 1.25 bits per heavy atom. The number of hydrogen-bond donors (Lipinski definition) is 1. The van der Waals surface area contributed by atoms with E-state index in [-0.39, 0.29) is 0 Å². The van der Waals surface area contributed by atoms with Gasteiger partial charge in [0.05, 0.1) is 5.69 Å². The number of halogens is 1. The van der Waals surface area contributed by atoms with Crippen LogP contribution in [0.2, 0.25) is 0 Å². The van der Waals surface area contributed by atoms with Gasteiger partial charge in [-0.25, -0.2) is 0 Å². The maximum Gasteiger partial charge on any atom is 0.121 e. The molecule has 0 bridgehead atoms. The Kier molecular flexibility index (Phi) is 2.76. The Morgan fingerprint density at radius 2 is 1.94 bits per heavy atom. The summed E-state index contributed by atoms with van der Waals surface area (Å²) in [7, 11) is 1.84. The van der Waals surface area contributed by atoms with E-state index in [2.05, 4.69) is 47.0 Å². The quantitative estimate of drug-likeness (QED) is 0.872. The lowest BCUT2D eigenvalue weighted by atomic mass is 10.0. The topological polar surface area (TPSA) is 43.8 Å². The first-order valence-corrected chi connectivity index (χ1v) is 5.85. The van der Waals surface area contributed by atoms with Gasteiger partial charge in [-0.05, 0) is 37.1 Å². The number of anilines is 1. The summed E-state index contributed by atoms with van der Waals surface area (Å²) in [6.07, 6.45) is 0. The molecule has 2 rings (SSSR count). The number of benzene rings is 1. The molecule has 1 aromatic carbocycles. The van der Waals surface area contributed by atoms with E-state index in [1.807, 2.05) is 13.1 Å². The van der Waals surface area contributed by atoms with E-state index in [1.54, 1.807) is 4.68 Å². The fourth-order valence-corrected chi connectivity index (χ4v) is 2.15. The first-order valence-electron chi connectivity index (χ1n) is 5.05. The molecule has 3 nitrogen and oxygen atoms in total. The Bertz CT molecular complexity index is 501. The van der Waals surface area contributed by atoms with Gasteiger partial charge in [0.2, 0.25) is 0 Å². The molecule has 4 heteroatoms. The molecule has 0 amide bonds. The lowest BCUT2D eigenvalue weighted by Gasteiger charge is -2.05. The second-order valence-electron chi connectivity index (χ2n) is 3.98. The van der Waals surface area contributed by atoms with Gasteiger partial charge in [-0.3, -0.25) is 4.68 Å². The van der Waals surface area contributed by atoms with E-state index in [0.29, 0.717) is 5.82 Å². The van der Waals surface area contributed by atoms with E-state index in [4.69, 9.17) is 5.73 Å². The molecule has 2 N–H and O–H groups in total. The lowest BCUT2D eigenvalue weighted by Crippen LogP contribution is -1.96. The van der Waals surface area contributed by atoms with Crippen molar-refractivity contribution >= 4 is 21.7 Å². The Balaban J connectivity index is 2.56. The van der Waals surface area contributed by atoms with Gasteiger partial charge in [0.15, 0.2) is 0 Å². The maximum absolute atomic E-state index is 5.77. The van der Waals surface area contributed by atoms with Crippen LogP contribution in [0.25, 0.3) is 11.3 Å². The molecule has 0 aliphatic rings. The van der Waals surface area contributed by atoms with Gasteiger partial charge in [-0.15, -0.1) is 0 Å². The number of aryl methyl sites for hydroxylation is 2. The molecule has 0 atom stereocenters. The van der Waals surface area contributed by atoms with Crippen molar-refractivity contribution in [2.75, 3.05) is 5.73 Å². The fraction of sp³-hybridized carbons (Fsp3) is 0.250. The molecule has 1 aromatic heterocycles. The first-order chi connectivity index (χ1) is 7.49. The third-order valence-electron chi connectivity index (χ3n) is 2.82. The Hall–Kier alpha value is -1.29. The number of nitrogen functional groups attached to an aromatic ring is 1. The van der Waals surface area contributed by atoms with Crippen LogP contribution in [0.5, 0.6) is 0 Å². The van der Waals surface area contributed by atoms with Crippen molar-refractivity contribution in [1.82, 2.24) is 9.78 Å². The molecule has 1 heterocycles. The molecular weight excluding hydrogens is 266 g/mol. The average molecular weight is 280 g/mol. The van der Waals surface area contributed by atoms with Crippen molar-refractivity contribution in [3.05, 3.63) is 33.8 Å². The van der Waals surface area contributed by atoms with E-state index >= 15 is 0 Å². The van der Waals surface area contributed by atoms with Gasteiger partial charge in [0.1, 0.15) is 5.82 Å². The van der Waals surface area contributed by atoms with Crippen molar-refractivity contribution in [3.8, 4) is 11.3 Å². The number of hydrogen-bond acceptors (Lipinski definition) is 2. The molecule has 16 heavy (non-hydrogen) atoms. The highest BCUT2D eigenvalue weighted by molar-refractivity contribution is 9.10. The molecule has 0 spiro atoms. The second-order valence-corrected chi connectivity index (χ2v) is 4.83. The van der Waals surface area contributed by atoms with E-state index < -0.39 is 0 Å². The minimum Gasteiger partial charge on any atom is -0.384 e. The molecule has 0 aliphatic heterocycles. The van der Waals surface area contributed by atoms with Crippen molar-refractivity contribution < 1.29 is 0 Å². The summed E-state index contributed by atoms with van der Waals surface area (Å²) >= 11 is 3.55. The molecule has 0 radical (unpaired) electrons. The summed E-state index contributed by atoms with van der Waals surface area (Å²) < 4.78 is 2.78. The van der Waals surface area contributed by atoms with Crippen LogP contribution in [0.1, 0.15) is 11.1 Å². The summed E-state index contributed by atoms with van der Waals surface area (Å²) in [6.45, 7) is 4.19. The van der Waals surface area contributed by atoms with E-state index in [1.165, 1.54) is 11.1 Å². The zero-order chi connectivity index (χ0) is 11.9. The SMILES string of the molecule is Cc1cc(-c2cc(N)n(C)n2)cc(Br)c1C. The van der Waals surface area contributed by atoms with Crippen LogP contribution >= 0.6 is 15.9 Å². The molecule has 0 saturated carbocycles. The van der Waals surface area contributed by atoms with Gasteiger partial charge < -0.3 is 5.73 Å². The van der Waals surface area contributed by atoms with Crippen LogP contribution in [-0.4, -0.2) is 9.78 Å². The van der Waals surface area contributed by atoms with Gasteiger partial charge in [0.25, 0.3) is 0 Å². The average Bonchev–Trinajstić information content (AvgIpc) is 2.55. The van der Waals surface area contributed by atoms with Crippen LogP contribution in [-0.2, 0) is 7.05 Å². The van der Waals surface area contributed by atoms with Crippen molar-refractivity contribution in [2.45, 2.75) is 13.8 Å². The highest BCUT2D eigenvalue weighted by atomic mass is 79.9. The normalized spacial score (nSPS) is 10.8. The summed E-state index contributed by atoms with van der Waals surface area (Å²) in [5.74, 6) is 0.671. The number of rotatable bonds is 1. The molecular formula is C12H14BrN3. The molecule has 0 fully saturated rings. The summed E-state index contributed by atoms with van der Waals surface area (Å²) in [5.41, 5.74) is 10.3. The van der Waals surface area contributed by atoms with Crippen LogP contribution in [0, 0.1) is 13.8 Å². The maximum atomic E-state index is 5.77. The zero-order valence-electron chi connectivity index (χ0n) is 9.58. The Morgan fingerprint density at radius 3 is 2.44 bits per heavy atom. The summed E-state index contributed by atoms with van der Waals surface area (Å²) in [4.78, 5) is 0. The molecule has 84 valence electrons. The van der Waals surface area contributed by atoms with Gasteiger partial charge in [-0.2, -0.15) is 5.10 Å². The monoisotopic (exact) mass is 279 g/mol. The van der Waals surface area contributed by atoms with Crippen molar-refractivity contribution in [1.29, 1.82) is 0 Å². The fourth-order valence-electron chi connectivity index (χ4n) is 1.59. The minimum absolute atomic E-state index is 0.671. The summed E-state index contributed by atoms with van der Waals surface area (Å²) in [5, 5.41) is 4.36. The van der Waals surface area contributed by atoms with Crippen LogP contribution in [0.3, 0.4) is 0 Å². The smallest absolute Gasteiger partial charge is 0.121 e. The van der Waals surface area contributed by atoms with Crippen LogP contribution < -0.4 is 5.73 Å². The number of aromatic nitrogens is 2. The molecule has 0 aliphatic carbocycles. The number of nitrogens with zero attached hydrogens (tertiary/aromatic N) is 2. The van der Waals surface area contributed by atoms with Gasteiger partial charge in [-0.1, -0.05) is 15.9 Å².